The van der Waals surface area contributed by atoms with E-state index in [1.807, 2.05) is 53.4 Å². The zero-order valence-corrected chi connectivity index (χ0v) is 24.3. The van der Waals surface area contributed by atoms with E-state index in [-0.39, 0.29) is 17.7 Å². The number of anilines is 2. The van der Waals surface area contributed by atoms with Crippen LogP contribution in [0.5, 0.6) is 0 Å². The fourth-order valence-electron chi connectivity index (χ4n) is 6.02. The molecule has 2 saturated heterocycles. The molecule has 3 aromatic heterocycles. The normalized spacial score (nSPS) is 17.2. The summed E-state index contributed by atoms with van der Waals surface area (Å²) in [5.41, 5.74) is 5.44. The van der Waals surface area contributed by atoms with Crippen LogP contribution in [0.3, 0.4) is 0 Å². The number of fused-ring (bicyclic) bond motifs is 1. The maximum atomic E-state index is 13.2. The molecule has 7 rings (SSSR count). The predicted molar refractivity (Wildman–Crippen MR) is 169 cm³/mol. The maximum absolute atomic E-state index is 13.2. The summed E-state index contributed by atoms with van der Waals surface area (Å²) in [5.74, 6) is 0.642. The summed E-state index contributed by atoms with van der Waals surface area (Å²) < 4.78 is 0. The number of carbonyl (C=O) groups excluding carboxylic acids is 2. The number of benzene rings is 2. The molecule has 222 valence electrons. The van der Waals surface area contributed by atoms with Crippen LogP contribution in [0, 0.1) is 5.92 Å². The lowest BCUT2D eigenvalue weighted by Gasteiger charge is -2.36. The van der Waals surface area contributed by atoms with E-state index in [1.165, 1.54) is 0 Å². The molecule has 5 heterocycles. The van der Waals surface area contributed by atoms with Gasteiger partial charge in [0, 0.05) is 85.4 Å². The van der Waals surface area contributed by atoms with Gasteiger partial charge in [-0.3, -0.25) is 24.6 Å². The van der Waals surface area contributed by atoms with Crippen LogP contribution in [0.15, 0.2) is 85.5 Å². The Morgan fingerprint density at radius 1 is 0.886 bits per heavy atom. The molecule has 0 saturated carbocycles. The minimum Gasteiger partial charge on any atom is -0.368 e. The average molecular weight is 588 g/mol. The van der Waals surface area contributed by atoms with Crippen molar-refractivity contribution >= 4 is 34.1 Å². The van der Waals surface area contributed by atoms with Crippen LogP contribution in [-0.4, -0.2) is 92.6 Å². The highest BCUT2D eigenvalue weighted by Gasteiger charge is 2.31. The number of pyridine rings is 1. The number of likely N-dealkylation sites (tertiary alicyclic amines) is 1. The van der Waals surface area contributed by atoms with Crippen molar-refractivity contribution in [2.24, 2.45) is 5.92 Å². The molecule has 0 radical (unpaired) electrons. The highest BCUT2D eigenvalue weighted by atomic mass is 16.2. The first-order valence-electron chi connectivity index (χ1n) is 14.9. The van der Waals surface area contributed by atoms with Gasteiger partial charge in [-0.2, -0.15) is 5.10 Å². The van der Waals surface area contributed by atoms with Gasteiger partial charge in [0.1, 0.15) is 5.69 Å². The van der Waals surface area contributed by atoms with E-state index >= 15 is 0 Å². The number of aromatic nitrogens is 5. The van der Waals surface area contributed by atoms with Gasteiger partial charge in [0.05, 0.1) is 18.0 Å². The third-order valence-electron chi connectivity index (χ3n) is 8.46. The molecule has 2 fully saturated rings. The molecule has 11 heteroatoms. The third-order valence-corrected chi connectivity index (χ3v) is 8.46. The van der Waals surface area contributed by atoms with Crippen molar-refractivity contribution in [3.8, 4) is 22.6 Å². The first-order valence-corrected chi connectivity index (χ1v) is 14.9. The van der Waals surface area contributed by atoms with Crippen molar-refractivity contribution in [3.05, 3.63) is 85.5 Å². The lowest BCUT2D eigenvalue weighted by Crippen LogP contribution is -2.51. The number of rotatable bonds is 7. The molecule has 0 unspecified atom stereocenters. The number of hydrogen-bond acceptors (Lipinski definition) is 8. The van der Waals surface area contributed by atoms with Crippen molar-refractivity contribution in [2.75, 3.05) is 56.0 Å². The molecule has 2 aliphatic rings. The Balaban J connectivity index is 0.897. The molecule has 0 spiro atoms. The number of hydrogen-bond donors (Lipinski definition) is 2. The molecule has 2 N–H and O–H groups in total. The van der Waals surface area contributed by atoms with E-state index in [2.05, 4.69) is 52.4 Å². The van der Waals surface area contributed by atoms with E-state index in [1.54, 1.807) is 24.8 Å². The van der Waals surface area contributed by atoms with Crippen molar-refractivity contribution in [3.63, 3.8) is 0 Å². The zero-order valence-electron chi connectivity index (χ0n) is 24.3. The summed E-state index contributed by atoms with van der Waals surface area (Å²) in [5, 5.41) is 11.5. The van der Waals surface area contributed by atoms with Gasteiger partial charge >= 0.3 is 0 Å². The molecule has 0 bridgehead atoms. The smallest absolute Gasteiger partial charge is 0.236 e. The first-order chi connectivity index (χ1) is 21.6. The lowest BCUT2D eigenvalue weighted by molar-refractivity contribution is -0.132. The molecule has 11 nitrogen and oxygen atoms in total. The van der Waals surface area contributed by atoms with Gasteiger partial charge in [-0.25, -0.2) is 9.97 Å². The topological polar surface area (TPSA) is 123 Å². The molecular formula is C33H33N9O2. The van der Waals surface area contributed by atoms with Gasteiger partial charge in [0.2, 0.25) is 11.8 Å². The van der Waals surface area contributed by atoms with Gasteiger partial charge in [-0.15, -0.1) is 0 Å². The average Bonchev–Trinajstić information content (AvgIpc) is 3.73. The van der Waals surface area contributed by atoms with Crippen LogP contribution in [-0.2, 0) is 9.59 Å². The van der Waals surface area contributed by atoms with Gasteiger partial charge in [0.25, 0.3) is 0 Å². The Morgan fingerprint density at radius 2 is 1.70 bits per heavy atom. The molecule has 2 amide bonds. The van der Waals surface area contributed by atoms with E-state index in [0.29, 0.717) is 32.0 Å². The van der Waals surface area contributed by atoms with E-state index in [4.69, 9.17) is 0 Å². The Morgan fingerprint density at radius 3 is 2.48 bits per heavy atom. The minimum absolute atomic E-state index is 0.0239. The standard InChI is InChI=1S/C33H33N9O2/c43-30(42-17-15-41(16-18-42)27-7-4-23(5-8-27)32-35-12-2-13-36-32)22-40-14-10-25(21-40)33(44)37-26-6-9-29-28(19-26)31(39-38-29)24-3-1-11-34-20-24/h1-9,11-13,19-20,25H,10,14-18,21-22H2,(H,37,44)(H,38,39)/t25-/m1/s1. The minimum atomic E-state index is -0.165. The van der Waals surface area contributed by atoms with Crippen molar-refractivity contribution in [1.29, 1.82) is 0 Å². The molecule has 2 aromatic carbocycles. The number of aromatic amines is 1. The predicted octanol–water partition coefficient (Wildman–Crippen LogP) is 3.69. The Hall–Kier alpha value is -5.16. The van der Waals surface area contributed by atoms with Crippen LogP contribution in [0.25, 0.3) is 33.5 Å². The summed E-state index contributed by atoms with van der Waals surface area (Å²) in [7, 11) is 0. The molecule has 1 atom stereocenters. The number of piperazine rings is 1. The monoisotopic (exact) mass is 587 g/mol. The highest BCUT2D eigenvalue weighted by Crippen LogP contribution is 2.29. The molecule has 2 aliphatic heterocycles. The van der Waals surface area contributed by atoms with Gasteiger partial charge < -0.3 is 15.1 Å². The summed E-state index contributed by atoms with van der Waals surface area (Å²) >= 11 is 0. The first kappa shape index (κ1) is 27.7. The Labute approximate surface area is 254 Å². The summed E-state index contributed by atoms with van der Waals surface area (Å²) in [6.07, 6.45) is 7.72. The number of nitrogens with zero attached hydrogens (tertiary/aromatic N) is 7. The van der Waals surface area contributed by atoms with Crippen LogP contribution in [0.4, 0.5) is 11.4 Å². The molecular weight excluding hydrogens is 554 g/mol. The van der Waals surface area contributed by atoms with Crippen molar-refractivity contribution in [2.45, 2.75) is 6.42 Å². The SMILES string of the molecule is O=C(Nc1ccc2[nH]nc(-c3cccnc3)c2c1)[C@@H]1CCN(CC(=O)N2CCN(c3ccc(-c4ncccn4)cc3)CC2)C1. The maximum Gasteiger partial charge on any atom is 0.236 e. The van der Waals surface area contributed by atoms with Gasteiger partial charge in [0.15, 0.2) is 5.82 Å². The number of amides is 2. The van der Waals surface area contributed by atoms with E-state index in [9.17, 15) is 9.59 Å². The quantitative estimate of drug-likeness (QED) is 0.296. The van der Waals surface area contributed by atoms with Gasteiger partial charge in [-0.05, 0) is 73.6 Å². The van der Waals surface area contributed by atoms with Crippen LogP contribution >= 0.6 is 0 Å². The third kappa shape index (κ3) is 5.86. The molecule has 44 heavy (non-hydrogen) atoms. The number of H-pyrrole nitrogens is 1. The molecule has 0 aliphatic carbocycles. The van der Waals surface area contributed by atoms with Crippen LogP contribution < -0.4 is 10.2 Å². The van der Waals surface area contributed by atoms with Crippen LogP contribution in [0.1, 0.15) is 6.42 Å². The highest BCUT2D eigenvalue weighted by molar-refractivity contribution is 5.99. The second kappa shape index (κ2) is 12.2. The second-order valence-electron chi connectivity index (χ2n) is 11.3. The van der Waals surface area contributed by atoms with E-state index in [0.717, 1.165) is 65.2 Å². The number of carbonyl (C=O) groups is 2. The summed E-state index contributed by atoms with van der Waals surface area (Å²) in [6, 6.07) is 19.7. The fraction of sp³-hybridized carbons (Fsp3) is 0.273. The van der Waals surface area contributed by atoms with E-state index < -0.39 is 0 Å². The number of nitrogens with one attached hydrogen (secondary N) is 2. The largest absolute Gasteiger partial charge is 0.368 e. The summed E-state index contributed by atoms with van der Waals surface area (Å²) in [6.45, 7) is 4.56. The fourth-order valence-corrected chi connectivity index (χ4v) is 6.02. The second-order valence-corrected chi connectivity index (χ2v) is 11.3. The lowest BCUT2D eigenvalue weighted by atomic mass is 10.1. The Kier molecular flexibility index (Phi) is 7.68. The molecule has 5 aromatic rings. The zero-order chi connectivity index (χ0) is 29.9. The summed E-state index contributed by atoms with van der Waals surface area (Å²) in [4.78, 5) is 45.5. The van der Waals surface area contributed by atoms with Gasteiger partial charge in [-0.1, -0.05) is 0 Å². The van der Waals surface area contributed by atoms with Crippen molar-refractivity contribution in [1.82, 2.24) is 34.9 Å². The van der Waals surface area contributed by atoms with Crippen LogP contribution in [0.2, 0.25) is 0 Å². The van der Waals surface area contributed by atoms with Crippen molar-refractivity contribution < 1.29 is 9.59 Å². The Bertz CT molecular complexity index is 1750.